The first-order valence-corrected chi connectivity index (χ1v) is 7.62. The number of esters is 1. The number of aromatic nitrogens is 5. The summed E-state index contributed by atoms with van der Waals surface area (Å²) >= 11 is 0. The highest BCUT2D eigenvalue weighted by molar-refractivity contribution is 5.96. The van der Waals surface area contributed by atoms with Gasteiger partial charge in [0.15, 0.2) is 11.2 Å². The van der Waals surface area contributed by atoms with Gasteiger partial charge in [0.1, 0.15) is 16.8 Å². The van der Waals surface area contributed by atoms with Crippen LogP contribution in [0.4, 0.5) is 0 Å². The fraction of sp³-hybridized carbons (Fsp3) is 0.118. The third-order valence-electron chi connectivity index (χ3n) is 4.00. The molecule has 0 bridgehead atoms. The molecule has 3 aromatic heterocycles. The van der Waals surface area contributed by atoms with Gasteiger partial charge < -0.3 is 9.47 Å². The first-order chi connectivity index (χ1) is 12.6. The van der Waals surface area contributed by atoms with Crippen LogP contribution >= 0.6 is 0 Å². The topological polar surface area (TPSA) is 101 Å². The number of ether oxygens (including phenoxy) is 2. The van der Waals surface area contributed by atoms with Crippen LogP contribution in [0.1, 0.15) is 10.4 Å². The third-order valence-corrected chi connectivity index (χ3v) is 4.00. The molecular formula is C17H13N5O4. The Balaban J connectivity index is 1.95. The number of pyridine rings is 1. The average Bonchev–Trinajstić information content (AvgIpc) is 3.12. The van der Waals surface area contributed by atoms with Gasteiger partial charge in [-0.25, -0.2) is 9.31 Å². The lowest BCUT2D eigenvalue weighted by atomic mass is 10.2. The first kappa shape index (κ1) is 15.8. The summed E-state index contributed by atoms with van der Waals surface area (Å²) in [6.07, 6.45) is 2.95. The van der Waals surface area contributed by atoms with Crippen LogP contribution in [-0.4, -0.2) is 44.6 Å². The van der Waals surface area contributed by atoms with Gasteiger partial charge in [0, 0.05) is 12.3 Å². The number of hydrogen-bond acceptors (Lipinski definition) is 7. The SMILES string of the molecule is COC(=O)c1cnn2c1nnc1c(=O)n(-c3cccc(OC)c3)ccc12. The maximum atomic E-state index is 12.9. The van der Waals surface area contributed by atoms with Gasteiger partial charge in [0.05, 0.1) is 26.1 Å². The molecule has 9 nitrogen and oxygen atoms in total. The van der Waals surface area contributed by atoms with E-state index >= 15 is 0 Å². The van der Waals surface area contributed by atoms with Crippen molar-refractivity contribution in [2.75, 3.05) is 14.2 Å². The standard InChI is InChI=1S/C17H13N5O4/c1-25-11-5-3-4-10(8-11)21-7-6-13-14(16(21)23)19-20-15-12(17(24)26-2)9-18-22(13)15/h3-9H,1-2H3. The van der Waals surface area contributed by atoms with E-state index in [1.807, 2.05) is 0 Å². The van der Waals surface area contributed by atoms with Crippen molar-refractivity contribution in [3.8, 4) is 11.4 Å². The Morgan fingerprint density at radius 3 is 2.77 bits per heavy atom. The van der Waals surface area contributed by atoms with E-state index in [1.165, 1.54) is 22.4 Å². The summed E-state index contributed by atoms with van der Waals surface area (Å²) in [6, 6.07) is 8.78. The van der Waals surface area contributed by atoms with E-state index in [-0.39, 0.29) is 22.3 Å². The molecule has 0 amide bonds. The van der Waals surface area contributed by atoms with Crippen molar-refractivity contribution >= 4 is 22.6 Å². The van der Waals surface area contributed by atoms with E-state index in [4.69, 9.17) is 9.47 Å². The van der Waals surface area contributed by atoms with Crippen molar-refractivity contribution in [1.29, 1.82) is 0 Å². The van der Waals surface area contributed by atoms with Gasteiger partial charge in [-0.05, 0) is 18.2 Å². The van der Waals surface area contributed by atoms with Crippen LogP contribution in [0, 0.1) is 0 Å². The Hall–Kier alpha value is -3.75. The minimum Gasteiger partial charge on any atom is -0.497 e. The van der Waals surface area contributed by atoms with Gasteiger partial charge in [-0.1, -0.05) is 6.07 Å². The molecule has 0 saturated carbocycles. The Kier molecular flexibility index (Phi) is 3.61. The molecule has 130 valence electrons. The van der Waals surface area contributed by atoms with Crippen LogP contribution in [0.25, 0.3) is 22.4 Å². The first-order valence-electron chi connectivity index (χ1n) is 7.62. The third kappa shape index (κ3) is 2.29. The van der Waals surface area contributed by atoms with Crippen LogP contribution in [0.2, 0.25) is 0 Å². The van der Waals surface area contributed by atoms with E-state index in [0.29, 0.717) is 17.0 Å². The number of hydrogen-bond donors (Lipinski definition) is 0. The molecule has 0 aliphatic heterocycles. The average molecular weight is 351 g/mol. The maximum Gasteiger partial charge on any atom is 0.343 e. The monoisotopic (exact) mass is 351 g/mol. The van der Waals surface area contributed by atoms with E-state index in [0.717, 1.165) is 0 Å². The molecular weight excluding hydrogens is 338 g/mol. The van der Waals surface area contributed by atoms with Gasteiger partial charge in [0.2, 0.25) is 0 Å². The summed E-state index contributed by atoms with van der Waals surface area (Å²) in [4.78, 5) is 24.6. The number of carbonyl (C=O) groups excluding carboxylic acids is 1. The zero-order chi connectivity index (χ0) is 18.3. The van der Waals surface area contributed by atoms with Crippen molar-refractivity contribution in [3.05, 3.63) is 58.6 Å². The summed E-state index contributed by atoms with van der Waals surface area (Å²) < 4.78 is 12.7. The summed E-state index contributed by atoms with van der Waals surface area (Å²) in [6.45, 7) is 0. The molecule has 0 spiro atoms. The molecule has 3 heterocycles. The van der Waals surface area contributed by atoms with Gasteiger partial charge >= 0.3 is 5.97 Å². The second-order valence-corrected chi connectivity index (χ2v) is 5.41. The van der Waals surface area contributed by atoms with Crippen molar-refractivity contribution < 1.29 is 14.3 Å². The van der Waals surface area contributed by atoms with Crippen LogP contribution in [-0.2, 0) is 4.74 Å². The van der Waals surface area contributed by atoms with Crippen molar-refractivity contribution in [2.45, 2.75) is 0 Å². The zero-order valence-corrected chi connectivity index (χ0v) is 13.9. The van der Waals surface area contributed by atoms with Gasteiger partial charge in [-0.2, -0.15) is 5.10 Å². The highest BCUT2D eigenvalue weighted by atomic mass is 16.5. The van der Waals surface area contributed by atoms with E-state index in [2.05, 4.69) is 15.3 Å². The quantitative estimate of drug-likeness (QED) is 0.512. The van der Waals surface area contributed by atoms with Crippen LogP contribution in [0.15, 0.2) is 47.5 Å². The molecule has 4 rings (SSSR count). The molecule has 0 aliphatic rings. The molecule has 0 atom stereocenters. The summed E-state index contributed by atoms with van der Waals surface area (Å²) in [7, 11) is 2.83. The van der Waals surface area contributed by atoms with E-state index in [1.54, 1.807) is 43.6 Å². The number of methoxy groups -OCH3 is 2. The fourth-order valence-corrected chi connectivity index (χ4v) is 2.71. The molecule has 0 N–H and O–H groups in total. The smallest absolute Gasteiger partial charge is 0.343 e. The maximum absolute atomic E-state index is 12.9. The predicted octanol–water partition coefficient (Wildman–Crippen LogP) is 1.22. The Bertz CT molecular complexity index is 1210. The lowest BCUT2D eigenvalue weighted by molar-refractivity contribution is 0.0602. The lowest BCUT2D eigenvalue weighted by Crippen LogP contribution is -2.20. The summed E-state index contributed by atoms with van der Waals surface area (Å²) in [5.41, 5.74) is 1.24. The Morgan fingerprint density at radius 2 is 2.00 bits per heavy atom. The molecule has 1 aromatic carbocycles. The zero-order valence-electron chi connectivity index (χ0n) is 13.9. The van der Waals surface area contributed by atoms with Crippen LogP contribution < -0.4 is 10.3 Å². The van der Waals surface area contributed by atoms with E-state index in [9.17, 15) is 9.59 Å². The minimum atomic E-state index is -0.571. The summed E-state index contributed by atoms with van der Waals surface area (Å²) in [5, 5.41) is 12.1. The number of rotatable bonds is 3. The number of fused-ring (bicyclic) bond motifs is 3. The highest BCUT2D eigenvalue weighted by Crippen LogP contribution is 2.17. The van der Waals surface area contributed by atoms with Gasteiger partial charge in [0.25, 0.3) is 5.56 Å². The Morgan fingerprint density at radius 1 is 1.15 bits per heavy atom. The van der Waals surface area contributed by atoms with Gasteiger partial charge in [-0.3, -0.25) is 9.36 Å². The normalized spacial score (nSPS) is 11.0. The largest absolute Gasteiger partial charge is 0.497 e. The highest BCUT2D eigenvalue weighted by Gasteiger charge is 2.18. The minimum absolute atomic E-state index is 0.127. The predicted molar refractivity (Wildman–Crippen MR) is 91.8 cm³/mol. The van der Waals surface area contributed by atoms with Crippen LogP contribution in [0.3, 0.4) is 0 Å². The molecule has 4 aromatic rings. The van der Waals surface area contributed by atoms with Crippen molar-refractivity contribution in [1.82, 2.24) is 24.4 Å². The molecule has 26 heavy (non-hydrogen) atoms. The lowest BCUT2D eigenvalue weighted by Gasteiger charge is -2.08. The molecule has 0 fully saturated rings. The molecule has 0 aliphatic carbocycles. The van der Waals surface area contributed by atoms with Crippen molar-refractivity contribution in [2.24, 2.45) is 0 Å². The number of nitrogens with zero attached hydrogens (tertiary/aromatic N) is 5. The Labute approximate surface area is 146 Å². The van der Waals surface area contributed by atoms with Crippen LogP contribution in [0.5, 0.6) is 5.75 Å². The molecule has 0 radical (unpaired) electrons. The second kappa shape index (κ2) is 5.96. The number of benzene rings is 1. The molecule has 0 saturated heterocycles. The molecule has 9 heteroatoms. The summed E-state index contributed by atoms with van der Waals surface area (Å²) in [5.74, 6) is 0.0594. The number of carbonyl (C=O) groups is 1. The second-order valence-electron chi connectivity index (χ2n) is 5.41. The van der Waals surface area contributed by atoms with Gasteiger partial charge in [-0.15, -0.1) is 10.2 Å². The van der Waals surface area contributed by atoms with E-state index < -0.39 is 5.97 Å². The fourth-order valence-electron chi connectivity index (χ4n) is 2.71. The molecule has 0 unspecified atom stereocenters. The van der Waals surface area contributed by atoms with Crippen molar-refractivity contribution in [3.63, 3.8) is 0 Å².